The molecule has 0 spiro atoms. The molecule has 2 aromatic rings. The minimum Gasteiger partial charge on any atom is -0.458 e. The van der Waals surface area contributed by atoms with Gasteiger partial charge in [-0.15, -0.1) is 0 Å². The van der Waals surface area contributed by atoms with Gasteiger partial charge in [0.1, 0.15) is 23.2 Å². The molecule has 166 valence electrons. The van der Waals surface area contributed by atoms with Crippen molar-refractivity contribution in [3.63, 3.8) is 0 Å². The zero-order valence-electron chi connectivity index (χ0n) is 18.4. The third kappa shape index (κ3) is 5.21. The molecular formula is C24H27F2NO4. The van der Waals surface area contributed by atoms with Gasteiger partial charge in [0.2, 0.25) is 0 Å². The molecule has 0 saturated carbocycles. The van der Waals surface area contributed by atoms with E-state index in [4.69, 9.17) is 9.47 Å². The summed E-state index contributed by atoms with van der Waals surface area (Å²) in [6, 6.07) is 7.21. The van der Waals surface area contributed by atoms with Gasteiger partial charge in [0.25, 0.3) is 5.91 Å². The standard InChI is InChI=1S/C24H27F2NO4/c1-14(2)21(23(29)31-24(3,4)5)27-11-10-15-6-8-17(13-18(15)22(27)28)30-20-9-7-16(25)12-19(20)26/h6-9,12-14,21H,10-11H2,1-5H3. The van der Waals surface area contributed by atoms with Crippen LogP contribution in [0.5, 0.6) is 11.5 Å². The SMILES string of the molecule is CC(C)C(C(=O)OC(C)(C)C)N1CCc2ccc(Oc3ccc(F)cc3F)cc2C1=O. The predicted molar refractivity (Wildman–Crippen MR) is 112 cm³/mol. The number of benzene rings is 2. The van der Waals surface area contributed by atoms with Crippen LogP contribution in [-0.4, -0.2) is 35.0 Å². The summed E-state index contributed by atoms with van der Waals surface area (Å²) in [5.41, 5.74) is 0.543. The number of rotatable bonds is 5. The summed E-state index contributed by atoms with van der Waals surface area (Å²) >= 11 is 0. The van der Waals surface area contributed by atoms with Crippen molar-refractivity contribution in [1.29, 1.82) is 0 Å². The van der Waals surface area contributed by atoms with Crippen LogP contribution in [0.4, 0.5) is 8.78 Å². The molecule has 1 aliphatic rings. The summed E-state index contributed by atoms with van der Waals surface area (Å²) < 4.78 is 38.1. The second kappa shape index (κ2) is 8.65. The molecule has 1 heterocycles. The third-order valence-electron chi connectivity index (χ3n) is 4.93. The lowest BCUT2D eigenvalue weighted by atomic mass is 9.94. The summed E-state index contributed by atoms with van der Waals surface area (Å²) in [5, 5.41) is 0. The van der Waals surface area contributed by atoms with E-state index in [1.807, 2.05) is 13.8 Å². The maximum absolute atomic E-state index is 13.9. The van der Waals surface area contributed by atoms with Crippen molar-refractivity contribution in [2.45, 2.75) is 52.7 Å². The van der Waals surface area contributed by atoms with Gasteiger partial charge >= 0.3 is 5.97 Å². The van der Waals surface area contributed by atoms with E-state index in [1.165, 1.54) is 17.0 Å². The van der Waals surface area contributed by atoms with E-state index < -0.39 is 29.2 Å². The highest BCUT2D eigenvalue weighted by molar-refractivity contribution is 5.99. The highest BCUT2D eigenvalue weighted by Gasteiger charge is 2.38. The molecule has 1 unspecified atom stereocenters. The van der Waals surface area contributed by atoms with Crippen molar-refractivity contribution < 1.29 is 27.8 Å². The number of hydrogen-bond acceptors (Lipinski definition) is 4. The lowest BCUT2D eigenvalue weighted by molar-refractivity contribution is -0.162. The number of fused-ring (bicyclic) bond motifs is 1. The Balaban J connectivity index is 1.88. The van der Waals surface area contributed by atoms with Gasteiger partial charge in [-0.1, -0.05) is 19.9 Å². The van der Waals surface area contributed by atoms with Crippen LogP contribution in [0.2, 0.25) is 0 Å². The Morgan fingerprint density at radius 3 is 2.42 bits per heavy atom. The van der Waals surface area contributed by atoms with E-state index in [9.17, 15) is 18.4 Å². The number of carbonyl (C=O) groups excluding carboxylic acids is 2. The van der Waals surface area contributed by atoms with Gasteiger partial charge in [-0.2, -0.15) is 0 Å². The van der Waals surface area contributed by atoms with E-state index in [-0.39, 0.29) is 23.3 Å². The highest BCUT2D eigenvalue weighted by Crippen LogP contribution is 2.31. The number of nitrogens with zero attached hydrogens (tertiary/aromatic N) is 1. The number of hydrogen-bond donors (Lipinski definition) is 0. The maximum Gasteiger partial charge on any atom is 0.329 e. The van der Waals surface area contributed by atoms with E-state index in [2.05, 4.69) is 0 Å². The molecule has 7 heteroatoms. The minimum absolute atomic E-state index is 0.143. The van der Waals surface area contributed by atoms with Crippen molar-refractivity contribution in [3.05, 3.63) is 59.2 Å². The summed E-state index contributed by atoms with van der Waals surface area (Å²) in [5.74, 6) is -2.34. The summed E-state index contributed by atoms with van der Waals surface area (Å²) in [6.45, 7) is 9.48. The molecule has 5 nitrogen and oxygen atoms in total. The molecule has 3 rings (SSSR count). The number of ether oxygens (including phenoxy) is 2. The second-order valence-corrected chi connectivity index (χ2v) is 8.97. The largest absolute Gasteiger partial charge is 0.458 e. The molecule has 31 heavy (non-hydrogen) atoms. The third-order valence-corrected chi connectivity index (χ3v) is 4.93. The summed E-state index contributed by atoms with van der Waals surface area (Å²) in [6.07, 6.45) is 0.568. The van der Waals surface area contributed by atoms with Crippen molar-refractivity contribution in [2.24, 2.45) is 5.92 Å². The van der Waals surface area contributed by atoms with Gasteiger partial charge in [0.05, 0.1) is 0 Å². The van der Waals surface area contributed by atoms with Gasteiger partial charge < -0.3 is 14.4 Å². The first-order chi connectivity index (χ1) is 14.5. The van der Waals surface area contributed by atoms with E-state index >= 15 is 0 Å². The van der Waals surface area contributed by atoms with Gasteiger partial charge in [-0.3, -0.25) is 4.79 Å². The van der Waals surface area contributed by atoms with Crippen LogP contribution in [0, 0.1) is 17.6 Å². The fourth-order valence-corrected chi connectivity index (χ4v) is 3.61. The van der Waals surface area contributed by atoms with Crippen LogP contribution in [0.1, 0.15) is 50.5 Å². The molecule has 0 saturated heterocycles. The average Bonchev–Trinajstić information content (AvgIpc) is 2.65. The molecular weight excluding hydrogens is 404 g/mol. The maximum atomic E-state index is 13.9. The number of halogens is 2. The molecule has 0 aliphatic carbocycles. The molecule has 1 atom stereocenters. The lowest BCUT2D eigenvalue weighted by Crippen LogP contribution is -2.52. The molecule has 2 aromatic carbocycles. The zero-order chi connectivity index (χ0) is 22.9. The Bertz CT molecular complexity index is 998. The smallest absolute Gasteiger partial charge is 0.329 e. The molecule has 0 radical (unpaired) electrons. The quantitative estimate of drug-likeness (QED) is 0.617. The Morgan fingerprint density at radius 1 is 1.10 bits per heavy atom. The Labute approximate surface area is 181 Å². The van der Waals surface area contributed by atoms with Crippen molar-refractivity contribution in [1.82, 2.24) is 4.90 Å². The number of esters is 1. The molecule has 0 aromatic heterocycles. The minimum atomic E-state index is -0.838. The van der Waals surface area contributed by atoms with Crippen LogP contribution in [-0.2, 0) is 16.0 Å². The van der Waals surface area contributed by atoms with Crippen LogP contribution < -0.4 is 4.74 Å². The topological polar surface area (TPSA) is 55.8 Å². The Morgan fingerprint density at radius 2 is 1.81 bits per heavy atom. The molecule has 0 N–H and O–H groups in total. The van der Waals surface area contributed by atoms with Crippen LogP contribution in [0.15, 0.2) is 36.4 Å². The van der Waals surface area contributed by atoms with E-state index in [0.29, 0.717) is 18.5 Å². The second-order valence-electron chi connectivity index (χ2n) is 8.97. The van der Waals surface area contributed by atoms with Crippen LogP contribution in [0.3, 0.4) is 0 Å². The summed E-state index contributed by atoms with van der Waals surface area (Å²) in [4.78, 5) is 27.6. The first kappa shape index (κ1) is 22.7. The molecule has 1 aliphatic heterocycles. The number of carbonyl (C=O) groups is 2. The van der Waals surface area contributed by atoms with E-state index in [0.717, 1.165) is 17.7 Å². The van der Waals surface area contributed by atoms with Gasteiger partial charge in [-0.25, -0.2) is 13.6 Å². The lowest BCUT2D eigenvalue weighted by Gasteiger charge is -2.37. The zero-order valence-corrected chi connectivity index (χ0v) is 18.4. The van der Waals surface area contributed by atoms with Gasteiger partial charge in [0, 0.05) is 18.2 Å². The predicted octanol–water partition coefficient (Wildman–Crippen LogP) is 5.12. The van der Waals surface area contributed by atoms with Crippen molar-refractivity contribution in [2.75, 3.05) is 6.54 Å². The van der Waals surface area contributed by atoms with Crippen LogP contribution >= 0.6 is 0 Å². The Kier molecular flexibility index (Phi) is 6.34. The monoisotopic (exact) mass is 431 g/mol. The van der Waals surface area contributed by atoms with Gasteiger partial charge in [0.15, 0.2) is 11.6 Å². The van der Waals surface area contributed by atoms with Crippen molar-refractivity contribution >= 4 is 11.9 Å². The summed E-state index contributed by atoms with van der Waals surface area (Å²) in [7, 11) is 0. The van der Waals surface area contributed by atoms with Gasteiger partial charge in [-0.05, 0) is 62.9 Å². The Hall–Kier alpha value is -2.96. The van der Waals surface area contributed by atoms with Crippen LogP contribution in [0.25, 0.3) is 0 Å². The average molecular weight is 431 g/mol. The highest BCUT2D eigenvalue weighted by atomic mass is 19.1. The van der Waals surface area contributed by atoms with Crippen molar-refractivity contribution in [3.8, 4) is 11.5 Å². The first-order valence-electron chi connectivity index (χ1n) is 10.3. The molecule has 0 bridgehead atoms. The fraction of sp³-hybridized carbons (Fsp3) is 0.417. The molecule has 0 fully saturated rings. The first-order valence-corrected chi connectivity index (χ1v) is 10.3. The molecule has 1 amide bonds. The van der Waals surface area contributed by atoms with E-state index in [1.54, 1.807) is 32.9 Å². The fourth-order valence-electron chi connectivity index (χ4n) is 3.61. The normalized spacial score (nSPS) is 15.0. The number of amides is 1.